The number of methoxy groups -OCH3 is 1. The third-order valence-corrected chi connectivity index (χ3v) is 5.38. The average molecular weight is 362 g/mol. The first-order valence-corrected chi connectivity index (χ1v) is 9.58. The van der Waals surface area contributed by atoms with Crippen LogP contribution in [0.2, 0.25) is 0 Å². The predicted molar refractivity (Wildman–Crippen MR) is 95.4 cm³/mol. The second-order valence-corrected chi connectivity index (χ2v) is 7.61. The molecule has 1 aliphatic heterocycles. The molecule has 25 heavy (non-hydrogen) atoms. The van der Waals surface area contributed by atoms with Crippen LogP contribution in [0, 0.1) is 6.92 Å². The lowest BCUT2D eigenvalue weighted by atomic mass is 10.1. The molecule has 2 atom stereocenters. The van der Waals surface area contributed by atoms with E-state index in [9.17, 15) is 8.42 Å². The Morgan fingerprint density at radius 1 is 1.20 bits per heavy atom. The Kier molecular flexibility index (Phi) is 4.99. The van der Waals surface area contributed by atoms with Crippen molar-refractivity contribution in [2.24, 2.45) is 5.14 Å². The van der Waals surface area contributed by atoms with Gasteiger partial charge in [0.1, 0.15) is 6.61 Å². The first kappa shape index (κ1) is 17.7. The molecule has 7 heteroatoms. The van der Waals surface area contributed by atoms with Gasteiger partial charge in [0, 0.05) is 19.1 Å². The van der Waals surface area contributed by atoms with Crippen molar-refractivity contribution < 1.29 is 17.9 Å². The molecule has 1 aliphatic rings. The Labute approximate surface area is 148 Å². The van der Waals surface area contributed by atoms with Gasteiger partial charge >= 0.3 is 0 Å². The summed E-state index contributed by atoms with van der Waals surface area (Å²) in [7, 11) is -2.08. The highest BCUT2D eigenvalue weighted by Gasteiger charge is 2.35. The zero-order valence-corrected chi connectivity index (χ0v) is 15.1. The van der Waals surface area contributed by atoms with Crippen molar-refractivity contribution in [1.29, 1.82) is 0 Å². The summed E-state index contributed by atoms with van der Waals surface area (Å²) in [4.78, 5) is 2.41. The first-order chi connectivity index (χ1) is 11.9. The predicted octanol–water partition coefficient (Wildman–Crippen LogP) is 2.09. The second kappa shape index (κ2) is 7.03. The molecule has 1 fully saturated rings. The third kappa shape index (κ3) is 4.12. The highest BCUT2D eigenvalue weighted by molar-refractivity contribution is 7.89. The Morgan fingerprint density at radius 3 is 2.60 bits per heavy atom. The van der Waals surface area contributed by atoms with E-state index in [2.05, 4.69) is 4.90 Å². The van der Waals surface area contributed by atoms with Gasteiger partial charge in [-0.15, -0.1) is 0 Å². The summed E-state index contributed by atoms with van der Waals surface area (Å²) in [6.07, 6.45) is 0. The number of aryl methyl sites for hydroxylation is 1. The van der Waals surface area contributed by atoms with Crippen LogP contribution in [0.1, 0.15) is 17.2 Å². The molecule has 2 unspecified atom stereocenters. The molecule has 0 aliphatic carbocycles. The molecule has 6 nitrogen and oxygen atoms in total. The summed E-state index contributed by atoms with van der Waals surface area (Å²) < 4.78 is 34.3. The number of sulfonamides is 1. The highest BCUT2D eigenvalue weighted by Crippen LogP contribution is 2.36. The number of nitrogens with zero attached hydrogens (tertiary/aromatic N) is 1. The fraction of sp³-hybridized carbons (Fsp3) is 0.333. The van der Waals surface area contributed by atoms with Gasteiger partial charge in [0.25, 0.3) is 0 Å². The zero-order valence-electron chi connectivity index (χ0n) is 14.3. The number of rotatable bonds is 7. The first-order valence-electron chi connectivity index (χ1n) is 8.03. The van der Waals surface area contributed by atoms with Crippen LogP contribution in [-0.4, -0.2) is 40.1 Å². The number of primary sulfonamides is 1. The monoisotopic (exact) mass is 362 g/mol. The molecular formula is C18H22N2O4S. The number of hydrogen-bond acceptors (Lipinski definition) is 5. The molecule has 1 heterocycles. The minimum Gasteiger partial charge on any atom is -0.493 e. The van der Waals surface area contributed by atoms with Gasteiger partial charge in [-0.3, -0.25) is 4.90 Å². The van der Waals surface area contributed by atoms with Gasteiger partial charge in [-0.25, -0.2) is 13.6 Å². The van der Waals surface area contributed by atoms with Gasteiger partial charge in [-0.05, 0) is 36.2 Å². The largest absolute Gasteiger partial charge is 0.493 e. The summed E-state index contributed by atoms with van der Waals surface area (Å²) in [6, 6.07) is 13.2. The van der Waals surface area contributed by atoms with E-state index >= 15 is 0 Å². The van der Waals surface area contributed by atoms with E-state index in [4.69, 9.17) is 14.6 Å². The van der Waals surface area contributed by atoms with Crippen molar-refractivity contribution in [2.75, 3.05) is 26.8 Å². The fourth-order valence-corrected chi connectivity index (χ4v) is 3.70. The van der Waals surface area contributed by atoms with Crippen LogP contribution in [0.25, 0.3) is 0 Å². The Hall–Kier alpha value is -2.09. The normalized spacial score (nSPS) is 19.5. The van der Waals surface area contributed by atoms with Crippen LogP contribution in [0.5, 0.6) is 11.5 Å². The fourth-order valence-electron chi connectivity index (χ4n) is 2.88. The molecule has 0 amide bonds. The van der Waals surface area contributed by atoms with Crippen LogP contribution in [-0.2, 0) is 10.0 Å². The Morgan fingerprint density at radius 2 is 1.92 bits per heavy atom. The van der Waals surface area contributed by atoms with Crippen molar-refractivity contribution in [3.05, 3.63) is 53.6 Å². The zero-order chi connectivity index (χ0) is 18.0. The summed E-state index contributed by atoms with van der Waals surface area (Å²) in [5.41, 5.74) is 1.63. The maximum Gasteiger partial charge on any atom is 0.238 e. The van der Waals surface area contributed by atoms with Gasteiger partial charge in [0.15, 0.2) is 11.5 Å². The number of hydrogen-bond donors (Lipinski definition) is 1. The highest BCUT2D eigenvalue weighted by atomic mass is 32.2. The maximum atomic E-state index is 11.7. The van der Waals surface area contributed by atoms with Crippen LogP contribution >= 0.6 is 0 Å². The van der Waals surface area contributed by atoms with E-state index in [1.54, 1.807) is 26.2 Å². The molecule has 1 saturated heterocycles. The molecule has 2 aromatic rings. The summed E-state index contributed by atoms with van der Waals surface area (Å²) in [5.74, 6) is 1.43. The lowest BCUT2D eigenvalue weighted by molar-refractivity contribution is 0.270. The van der Waals surface area contributed by atoms with E-state index in [1.807, 2.05) is 30.3 Å². The number of benzene rings is 2. The lowest BCUT2D eigenvalue weighted by Crippen LogP contribution is -2.14. The van der Waals surface area contributed by atoms with Gasteiger partial charge < -0.3 is 9.47 Å². The van der Waals surface area contributed by atoms with Crippen molar-refractivity contribution in [2.45, 2.75) is 17.9 Å². The van der Waals surface area contributed by atoms with Gasteiger partial charge in [0.05, 0.1) is 12.0 Å². The molecule has 134 valence electrons. The third-order valence-electron chi connectivity index (χ3n) is 4.32. The summed E-state index contributed by atoms with van der Waals surface area (Å²) in [5, 5.41) is 5.28. The Balaban J connectivity index is 1.59. The van der Waals surface area contributed by atoms with Crippen molar-refractivity contribution in [3.8, 4) is 11.5 Å². The smallest absolute Gasteiger partial charge is 0.238 e. The topological polar surface area (TPSA) is 81.6 Å². The van der Waals surface area contributed by atoms with Gasteiger partial charge in [-0.1, -0.05) is 24.3 Å². The summed E-state index contributed by atoms with van der Waals surface area (Å²) >= 11 is 0. The molecule has 2 N–H and O–H groups in total. The minimum absolute atomic E-state index is 0.196. The molecule has 0 bridgehead atoms. The van der Waals surface area contributed by atoms with Crippen LogP contribution < -0.4 is 14.6 Å². The molecule has 2 aromatic carbocycles. The van der Waals surface area contributed by atoms with Crippen LogP contribution in [0.3, 0.4) is 0 Å². The maximum absolute atomic E-state index is 11.7. The van der Waals surface area contributed by atoms with E-state index < -0.39 is 10.0 Å². The average Bonchev–Trinajstić information content (AvgIpc) is 3.34. The Bertz CT molecular complexity index is 867. The van der Waals surface area contributed by atoms with E-state index in [-0.39, 0.29) is 10.9 Å². The quantitative estimate of drug-likeness (QED) is 0.763. The van der Waals surface area contributed by atoms with Crippen molar-refractivity contribution >= 4 is 10.0 Å². The number of nitrogens with two attached hydrogens (primary N) is 1. The second-order valence-electron chi connectivity index (χ2n) is 6.08. The lowest BCUT2D eigenvalue weighted by Gasteiger charge is -2.11. The van der Waals surface area contributed by atoms with Gasteiger partial charge in [-0.2, -0.15) is 0 Å². The van der Waals surface area contributed by atoms with Gasteiger partial charge in [0.2, 0.25) is 10.0 Å². The molecule has 0 spiro atoms. The molecule has 0 saturated carbocycles. The number of ether oxygens (including phenoxy) is 2. The van der Waals surface area contributed by atoms with Crippen molar-refractivity contribution in [3.63, 3.8) is 0 Å². The molecular weight excluding hydrogens is 340 g/mol. The summed E-state index contributed by atoms with van der Waals surface area (Å²) in [6.45, 7) is 3.91. The molecule has 0 aromatic heterocycles. The SMILES string of the molecule is COc1ccccc1OCCN1CC1c1ccc(C)c(S(N)(=O)=O)c1. The molecule has 3 rings (SSSR count). The van der Waals surface area contributed by atoms with Crippen molar-refractivity contribution in [1.82, 2.24) is 4.90 Å². The van der Waals surface area contributed by atoms with E-state index in [0.717, 1.165) is 24.4 Å². The van der Waals surface area contributed by atoms with E-state index in [0.29, 0.717) is 17.9 Å². The number of para-hydroxylation sites is 2. The van der Waals surface area contributed by atoms with Crippen LogP contribution in [0.15, 0.2) is 47.4 Å². The van der Waals surface area contributed by atoms with E-state index in [1.165, 1.54) is 0 Å². The standard InChI is InChI=1S/C18H22N2O4S/c1-13-7-8-14(11-18(13)25(19,21)22)15-12-20(15)9-10-24-17-6-4-3-5-16(17)23-2/h3-8,11,15H,9-10,12H2,1-2H3,(H2,19,21,22). The minimum atomic E-state index is -3.70. The molecule has 0 radical (unpaired) electrons. The van der Waals surface area contributed by atoms with Crippen LogP contribution in [0.4, 0.5) is 0 Å².